The Balaban J connectivity index is 1.67. The summed E-state index contributed by atoms with van der Waals surface area (Å²) in [5.41, 5.74) is 2.07. The molecule has 3 aromatic rings. The van der Waals surface area contributed by atoms with E-state index < -0.39 is 0 Å². The van der Waals surface area contributed by atoms with Crippen molar-refractivity contribution >= 4 is 22.8 Å². The second-order valence-corrected chi connectivity index (χ2v) is 6.63. The molecule has 0 saturated carbocycles. The maximum atomic E-state index is 12.9. The number of piperidine rings is 1. The molecule has 1 N–H and O–H groups in total. The Labute approximate surface area is 152 Å². The fourth-order valence-corrected chi connectivity index (χ4v) is 3.51. The van der Waals surface area contributed by atoms with Crippen LogP contribution in [-0.2, 0) is 6.54 Å². The molecule has 1 aliphatic rings. The molecule has 0 radical (unpaired) electrons. The summed E-state index contributed by atoms with van der Waals surface area (Å²) in [6.45, 7) is 4.17. The Bertz CT molecular complexity index is 914. The summed E-state index contributed by atoms with van der Waals surface area (Å²) >= 11 is 0. The fourth-order valence-electron chi connectivity index (χ4n) is 3.51. The largest absolute Gasteiger partial charge is 0.442 e. The van der Waals surface area contributed by atoms with Crippen LogP contribution in [-0.4, -0.2) is 29.0 Å². The third-order valence-electron chi connectivity index (χ3n) is 4.82. The SMILES string of the molecule is Cc1oc2ncnc(N3CCCCC3)c2c1C(=O)NCc1ccccc1. The maximum absolute atomic E-state index is 12.9. The average molecular weight is 350 g/mol. The summed E-state index contributed by atoms with van der Waals surface area (Å²) in [5.74, 6) is 1.22. The average Bonchev–Trinajstić information content (AvgIpc) is 3.03. The van der Waals surface area contributed by atoms with Gasteiger partial charge in [-0.2, -0.15) is 0 Å². The minimum atomic E-state index is -0.154. The van der Waals surface area contributed by atoms with Crippen LogP contribution in [0, 0.1) is 6.92 Å². The number of nitrogens with zero attached hydrogens (tertiary/aromatic N) is 3. The van der Waals surface area contributed by atoms with Gasteiger partial charge in [-0.25, -0.2) is 9.97 Å². The van der Waals surface area contributed by atoms with Gasteiger partial charge in [0.2, 0.25) is 5.71 Å². The van der Waals surface area contributed by atoms with E-state index in [1.807, 2.05) is 30.3 Å². The molecule has 1 saturated heterocycles. The molecule has 0 aliphatic carbocycles. The molecule has 26 heavy (non-hydrogen) atoms. The number of fused-ring (bicyclic) bond motifs is 1. The van der Waals surface area contributed by atoms with E-state index in [2.05, 4.69) is 20.2 Å². The van der Waals surface area contributed by atoms with E-state index in [4.69, 9.17) is 4.42 Å². The standard InChI is InChI=1S/C20H22N4O2/c1-14-16(19(25)21-12-15-8-4-2-5-9-15)17-18(22-13-23-20(17)26-14)24-10-6-3-7-11-24/h2,4-5,8-9,13H,3,6-7,10-12H2,1H3,(H,21,25). The molecule has 1 fully saturated rings. The first-order valence-corrected chi connectivity index (χ1v) is 9.05. The number of aryl methyl sites for hydroxylation is 1. The molecular formula is C20H22N4O2. The van der Waals surface area contributed by atoms with E-state index in [1.54, 1.807) is 6.92 Å². The zero-order chi connectivity index (χ0) is 17.9. The number of furan rings is 1. The molecule has 0 unspecified atom stereocenters. The van der Waals surface area contributed by atoms with Crippen molar-refractivity contribution in [2.45, 2.75) is 32.7 Å². The zero-order valence-corrected chi connectivity index (χ0v) is 14.9. The molecule has 2 aromatic heterocycles. The molecule has 0 bridgehead atoms. The Hall–Kier alpha value is -2.89. The fraction of sp³-hybridized carbons (Fsp3) is 0.350. The van der Waals surface area contributed by atoms with E-state index in [-0.39, 0.29) is 5.91 Å². The van der Waals surface area contributed by atoms with Crippen molar-refractivity contribution in [1.29, 1.82) is 0 Å². The van der Waals surface area contributed by atoms with Gasteiger partial charge in [0.15, 0.2) is 0 Å². The first kappa shape index (κ1) is 16.6. The predicted octanol–water partition coefficient (Wildman–Crippen LogP) is 3.45. The normalized spacial score (nSPS) is 14.6. The first-order chi connectivity index (χ1) is 12.7. The quantitative estimate of drug-likeness (QED) is 0.780. The minimum Gasteiger partial charge on any atom is -0.442 e. The number of anilines is 1. The molecule has 6 nitrogen and oxygen atoms in total. The summed E-state index contributed by atoms with van der Waals surface area (Å²) in [6, 6.07) is 9.86. The van der Waals surface area contributed by atoms with Crippen molar-refractivity contribution in [1.82, 2.24) is 15.3 Å². The van der Waals surface area contributed by atoms with Gasteiger partial charge in [-0.05, 0) is 31.7 Å². The second kappa shape index (κ2) is 7.15. The Morgan fingerprint density at radius 2 is 1.92 bits per heavy atom. The van der Waals surface area contributed by atoms with Gasteiger partial charge in [-0.3, -0.25) is 4.79 Å². The monoisotopic (exact) mass is 350 g/mol. The summed E-state index contributed by atoms with van der Waals surface area (Å²) in [7, 11) is 0. The number of carbonyl (C=O) groups excluding carboxylic acids is 1. The van der Waals surface area contributed by atoms with Crippen LogP contribution in [0.25, 0.3) is 11.1 Å². The van der Waals surface area contributed by atoms with Crippen LogP contribution < -0.4 is 10.2 Å². The minimum absolute atomic E-state index is 0.154. The van der Waals surface area contributed by atoms with E-state index in [0.29, 0.717) is 23.6 Å². The van der Waals surface area contributed by atoms with E-state index in [0.717, 1.165) is 42.7 Å². The lowest BCUT2D eigenvalue weighted by atomic mass is 10.1. The second-order valence-electron chi connectivity index (χ2n) is 6.63. The van der Waals surface area contributed by atoms with Gasteiger partial charge in [0.1, 0.15) is 17.9 Å². The highest BCUT2D eigenvalue weighted by atomic mass is 16.3. The van der Waals surface area contributed by atoms with Gasteiger partial charge in [-0.1, -0.05) is 30.3 Å². The number of nitrogens with one attached hydrogen (secondary N) is 1. The van der Waals surface area contributed by atoms with Crippen LogP contribution in [0.4, 0.5) is 5.82 Å². The summed E-state index contributed by atoms with van der Waals surface area (Å²) in [5, 5.41) is 3.71. The molecule has 0 spiro atoms. The maximum Gasteiger partial charge on any atom is 0.255 e. The Morgan fingerprint density at radius 1 is 1.15 bits per heavy atom. The Morgan fingerprint density at radius 3 is 2.69 bits per heavy atom. The predicted molar refractivity (Wildman–Crippen MR) is 100 cm³/mol. The van der Waals surface area contributed by atoms with Crippen LogP contribution in [0.15, 0.2) is 41.1 Å². The lowest BCUT2D eigenvalue weighted by Crippen LogP contribution is -2.31. The summed E-state index contributed by atoms with van der Waals surface area (Å²) in [6.07, 6.45) is 5.02. The van der Waals surface area contributed by atoms with Crippen LogP contribution in [0.2, 0.25) is 0 Å². The van der Waals surface area contributed by atoms with E-state index in [1.165, 1.54) is 12.7 Å². The van der Waals surface area contributed by atoms with E-state index >= 15 is 0 Å². The van der Waals surface area contributed by atoms with Crippen molar-refractivity contribution < 1.29 is 9.21 Å². The first-order valence-electron chi connectivity index (χ1n) is 9.05. The highest BCUT2D eigenvalue weighted by molar-refractivity contribution is 6.10. The third kappa shape index (κ3) is 3.14. The number of rotatable bonds is 4. The van der Waals surface area contributed by atoms with Crippen molar-refractivity contribution in [2.24, 2.45) is 0 Å². The van der Waals surface area contributed by atoms with Crippen LogP contribution in [0.5, 0.6) is 0 Å². The Kier molecular flexibility index (Phi) is 4.56. The van der Waals surface area contributed by atoms with Crippen LogP contribution in [0.3, 0.4) is 0 Å². The van der Waals surface area contributed by atoms with Gasteiger partial charge in [0.05, 0.1) is 10.9 Å². The number of benzene rings is 1. The summed E-state index contributed by atoms with van der Waals surface area (Å²) in [4.78, 5) is 23.9. The van der Waals surface area contributed by atoms with Crippen LogP contribution >= 0.6 is 0 Å². The lowest BCUT2D eigenvalue weighted by Gasteiger charge is -2.28. The molecule has 3 heterocycles. The van der Waals surface area contributed by atoms with Gasteiger partial charge in [-0.15, -0.1) is 0 Å². The molecule has 4 rings (SSSR count). The molecule has 1 amide bonds. The topological polar surface area (TPSA) is 71.3 Å². The van der Waals surface area contributed by atoms with E-state index in [9.17, 15) is 4.79 Å². The molecule has 0 atom stereocenters. The number of aromatic nitrogens is 2. The molecule has 6 heteroatoms. The van der Waals surface area contributed by atoms with Gasteiger partial charge in [0.25, 0.3) is 5.91 Å². The molecule has 1 aromatic carbocycles. The van der Waals surface area contributed by atoms with Crippen molar-refractivity contribution in [3.63, 3.8) is 0 Å². The zero-order valence-electron chi connectivity index (χ0n) is 14.9. The van der Waals surface area contributed by atoms with Crippen LogP contribution in [0.1, 0.15) is 40.9 Å². The van der Waals surface area contributed by atoms with Gasteiger partial charge >= 0.3 is 0 Å². The number of hydrogen-bond acceptors (Lipinski definition) is 5. The lowest BCUT2D eigenvalue weighted by molar-refractivity contribution is 0.0951. The molecule has 134 valence electrons. The van der Waals surface area contributed by atoms with Crippen molar-refractivity contribution in [3.8, 4) is 0 Å². The van der Waals surface area contributed by atoms with Crippen molar-refractivity contribution in [3.05, 3.63) is 53.5 Å². The van der Waals surface area contributed by atoms with Crippen molar-refractivity contribution in [2.75, 3.05) is 18.0 Å². The number of amides is 1. The number of carbonyl (C=O) groups is 1. The smallest absolute Gasteiger partial charge is 0.255 e. The van der Waals surface area contributed by atoms with Gasteiger partial charge < -0.3 is 14.6 Å². The molecular weight excluding hydrogens is 328 g/mol. The number of hydrogen-bond donors (Lipinski definition) is 1. The summed E-state index contributed by atoms with van der Waals surface area (Å²) < 4.78 is 5.77. The third-order valence-corrected chi connectivity index (χ3v) is 4.82. The van der Waals surface area contributed by atoms with Gasteiger partial charge in [0, 0.05) is 19.6 Å². The highest BCUT2D eigenvalue weighted by Gasteiger charge is 2.25. The molecule has 1 aliphatic heterocycles. The highest BCUT2D eigenvalue weighted by Crippen LogP contribution is 2.32.